The lowest BCUT2D eigenvalue weighted by Crippen LogP contribution is -2.25. The Bertz CT molecular complexity index is 1610. The molecule has 0 radical (unpaired) electrons. The highest BCUT2D eigenvalue weighted by Crippen LogP contribution is 2.30. The van der Waals surface area contributed by atoms with Crippen molar-refractivity contribution in [1.82, 2.24) is 29.9 Å². The zero-order valence-electron chi connectivity index (χ0n) is 21.1. The fraction of sp³-hybridized carbons (Fsp3) is 0.222. The minimum absolute atomic E-state index is 0.124. The van der Waals surface area contributed by atoms with Crippen LogP contribution in [0.1, 0.15) is 44.9 Å². The van der Waals surface area contributed by atoms with Crippen LogP contribution in [0.2, 0.25) is 0 Å². The molecule has 0 unspecified atom stereocenters. The summed E-state index contributed by atoms with van der Waals surface area (Å²) < 4.78 is 8.69. The van der Waals surface area contributed by atoms with Crippen molar-refractivity contribution in [2.45, 2.75) is 33.9 Å². The number of hydrogen-bond acceptors (Lipinski definition) is 6. The standard InChI is InChI=1S/C27H27N7O3/c1-5-34-15-23(25(32-34)27(36)28-14-18-9-8-12-37-18)30-26(35)20-13-22(24-16(2)31-33(4)17(24)3)29-21-11-7-6-10-19(20)21/h6-13,15H,5,14H2,1-4H3,(H,28,36)(H,30,35). The van der Waals surface area contributed by atoms with Crippen molar-refractivity contribution in [3.05, 3.63) is 83.3 Å². The molecule has 0 saturated carbocycles. The second-order valence-corrected chi connectivity index (χ2v) is 8.70. The Labute approximate surface area is 213 Å². The van der Waals surface area contributed by atoms with Crippen molar-refractivity contribution in [2.24, 2.45) is 7.05 Å². The zero-order chi connectivity index (χ0) is 26.1. The van der Waals surface area contributed by atoms with Gasteiger partial charge in [0.15, 0.2) is 5.69 Å². The van der Waals surface area contributed by atoms with Gasteiger partial charge in [-0.1, -0.05) is 18.2 Å². The number of amides is 2. The number of nitrogens with zero attached hydrogens (tertiary/aromatic N) is 5. The lowest BCUT2D eigenvalue weighted by molar-refractivity contribution is 0.0943. The van der Waals surface area contributed by atoms with Crippen LogP contribution in [0.3, 0.4) is 0 Å². The summed E-state index contributed by atoms with van der Waals surface area (Å²) in [5.74, 6) is -0.166. The number of benzene rings is 1. The summed E-state index contributed by atoms with van der Waals surface area (Å²) in [7, 11) is 1.88. The van der Waals surface area contributed by atoms with Gasteiger partial charge in [-0.2, -0.15) is 10.2 Å². The van der Waals surface area contributed by atoms with E-state index in [-0.39, 0.29) is 18.1 Å². The van der Waals surface area contributed by atoms with Gasteiger partial charge in [0.1, 0.15) is 5.76 Å². The molecule has 5 aromatic rings. The zero-order valence-corrected chi connectivity index (χ0v) is 21.1. The molecule has 0 fully saturated rings. The monoisotopic (exact) mass is 497 g/mol. The predicted octanol–water partition coefficient (Wildman–Crippen LogP) is 4.24. The fourth-order valence-electron chi connectivity index (χ4n) is 4.33. The molecule has 1 aromatic carbocycles. The first-order valence-electron chi connectivity index (χ1n) is 12.0. The number of hydrogen-bond donors (Lipinski definition) is 2. The molecule has 37 heavy (non-hydrogen) atoms. The Morgan fingerprint density at radius 1 is 1.05 bits per heavy atom. The van der Waals surface area contributed by atoms with Crippen LogP contribution in [0.25, 0.3) is 22.2 Å². The highest BCUT2D eigenvalue weighted by Gasteiger charge is 2.22. The molecule has 0 aliphatic rings. The number of nitrogens with one attached hydrogen (secondary N) is 2. The maximum Gasteiger partial charge on any atom is 0.274 e. The van der Waals surface area contributed by atoms with Crippen molar-refractivity contribution < 1.29 is 14.0 Å². The molecule has 4 aromatic heterocycles. The number of anilines is 1. The van der Waals surface area contributed by atoms with E-state index < -0.39 is 5.91 Å². The van der Waals surface area contributed by atoms with Crippen LogP contribution in [0.5, 0.6) is 0 Å². The number of para-hydroxylation sites is 1. The van der Waals surface area contributed by atoms with E-state index in [1.807, 2.05) is 52.1 Å². The molecule has 2 N–H and O–H groups in total. The number of fused-ring (bicyclic) bond motifs is 1. The Morgan fingerprint density at radius 2 is 1.86 bits per heavy atom. The van der Waals surface area contributed by atoms with Crippen molar-refractivity contribution in [3.8, 4) is 11.3 Å². The van der Waals surface area contributed by atoms with Crippen LogP contribution in [-0.4, -0.2) is 36.4 Å². The Balaban J connectivity index is 1.51. The number of aromatic nitrogens is 5. The smallest absolute Gasteiger partial charge is 0.274 e. The third kappa shape index (κ3) is 4.61. The van der Waals surface area contributed by atoms with E-state index in [4.69, 9.17) is 9.40 Å². The first-order valence-corrected chi connectivity index (χ1v) is 12.0. The summed E-state index contributed by atoms with van der Waals surface area (Å²) in [4.78, 5) is 31.4. The second-order valence-electron chi connectivity index (χ2n) is 8.70. The summed E-state index contributed by atoms with van der Waals surface area (Å²) in [6, 6.07) is 12.8. The fourth-order valence-corrected chi connectivity index (χ4v) is 4.33. The van der Waals surface area contributed by atoms with Gasteiger partial charge in [0.25, 0.3) is 11.8 Å². The minimum atomic E-state index is -0.416. The second kappa shape index (κ2) is 9.73. The largest absolute Gasteiger partial charge is 0.467 e. The third-order valence-corrected chi connectivity index (χ3v) is 6.28. The van der Waals surface area contributed by atoms with Crippen LogP contribution in [0.15, 0.2) is 59.3 Å². The minimum Gasteiger partial charge on any atom is -0.467 e. The number of carbonyl (C=O) groups excluding carboxylic acids is 2. The van der Waals surface area contributed by atoms with Crippen molar-refractivity contribution in [2.75, 3.05) is 5.32 Å². The number of aryl methyl sites for hydroxylation is 3. The molecular formula is C27H27N7O3. The molecule has 188 valence electrons. The van der Waals surface area contributed by atoms with Gasteiger partial charge in [-0.05, 0) is 45.0 Å². The van der Waals surface area contributed by atoms with E-state index in [1.165, 1.54) is 0 Å². The van der Waals surface area contributed by atoms with E-state index in [1.54, 1.807) is 40.0 Å². The van der Waals surface area contributed by atoms with E-state index in [0.29, 0.717) is 40.2 Å². The third-order valence-electron chi connectivity index (χ3n) is 6.28. The highest BCUT2D eigenvalue weighted by atomic mass is 16.3. The van der Waals surface area contributed by atoms with Crippen LogP contribution >= 0.6 is 0 Å². The molecule has 0 atom stereocenters. The number of carbonyl (C=O) groups is 2. The predicted molar refractivity (Wildman–Crippen MR) is 139 cm³/mol. The molecule has 0 bridgehead atoms. The molecule has 0 aliphatic carbocycles. The molecule has 10 heteroatoms. The van der Waals surface area contributed by atoms with Gasteiger partial charge in [0, 0.05) is 36.4 Å². The highest BCUT2D eigenvalue weighted by molar-refractivity contribution is 6.14. The van der Waals surface area contributed by atoms with Crippen LogP contribution in [0.4, 0.5) is 5.69 Å². The Hall–Kier alpha value is -4.73. The lowest BCUT2D eigenvalue weighted by Gasteiger charge is -2.11. The van der Waals surface area contributed by atoms with Gasteiger partial charge in [0.05, 0.1) is 41.0 Å². The van der Waals surface area contributed by atoms with Crippen LogP contribution < -0.4 is 10.6 Å². The molecule has 2 amide bonds. The number of furan rings is 1. The van der Waals surface area contributed by atoms with E-state index >= 15 is 0 Å². The van der Waals surface area contributed by atoms with E-state index in [0.717, 1.165) is 17.0 Å². The lowest BCUT2D eigenvalue weighted by atomic mass is 10.0. The normalized spacial score (nSPS) is 11.1. The molecule has 0 spiro atoms. The Morgan fingerprint density at radius 3 is 2.57 bits per heavy atom. The maximum atomic E-state index is 13.7. The average Bonchev–Trinajstić information content (AvgIpc) is 3.62. The molecule has 0 aliphatic heterocycles. The Kier molecular flexibility index (Phi) is 6.31. The molecular weight excluding hydrogens is 470 g/mol. The van der Waals surface area contributed by atoms with Crippen molar-refractivity contribution in [3.63, 3.8) is 0 Å². The van der Waals surface area contributed by atoms with Gasteiger partial charge in [-0.3, -0.25) is 19.0 Å². The maximum absolute atomic E-state index is 13.7. The van der Waals surface area contributed by atoms with Gasteiger partial charge < -0.3 is 15.1 Å². The van der Waals surface area contributed by atoms with Crippen molar-refractivity contribution >= 4 is 28.4 Å². The topological polar surface area (TPSA) is 120 Å². The summed E-state index contributed by atoms with van der Waals surface area (Å²) in [5.41, 5.74) is 4.90. The molecule has 10 nitrogen and oxygen atoms in total. The first-order chi connectivity index (χ1) is 17.9. The van der Waals surface area contributed by atoms with Crippen molar-refractivity contribution in [1.29, 1.82) is 0 Å². The van der Waals surface area contributed by atoms with Crippen LogP contribution in [-0.2, 0) is 20.1 Å². The van der Waals surface area contributed by atoms with Gasteiger partial charge in [0.2, 0.25) is 0 Å². The van der Waals surface area contributed by atoms with Gasteiger partial charge in [-0.25, -0.2) is 4.98 Å². The average molecular weight is 498 g/mol. The van der Waals surface area contributed by atoms with Gasteiger partial charge in [-0.15, -0.1) is 0 Å². The number of rotatable bonds is 7. The summed E-state index contributed by atoms with van der Waals surface area (Å²) in [6.45, 7) is 6.55. The number of pyridine rings is 1. The molecule has 4 heterocycles. The summed E-state index contributed by atoms with van der Waals surface area (Å²) in [5, 5.41) is 15.3. The van der Waals surface area contributed by atoms with E-state index in [2.05, 4.69) is 20.8 Å². The molecule has 0 saturated heterocycles. The summed E-state index contributed by atoms with van der Waals surface area (Å²) in [6.07, 6.45) is 3.19. The van der Waals surface area contributed by atoms with Gasteiger partial charge >= 0.3 is 0 Å². The van der Waals surface area contributed by atoms with E-state index in [9.17, 15) is 9.59 Å². The quantitative estimate of drug-likeness (QED) is 0.347. The molecule has 5 rings (SSSR count). The first kappa shape index (κ1) is 24.0. The SMILES string of the molecule is CCn1cc(NC(=O)c2cc(-c3c(C)nn(C)c3C)nc3ccccc23)c(C(=O)NCc2ccco2)n1. The van der Waals surface area contributed by atoms with Crippen LogP contribution in [0, 0.1) is 13.8 Å². The summed E-state index contributed by atoms with van der Waals surface area (Å²) >= 11 is 0.